The molecule has 3 heteroatoms. The second-order valence-corrected chi connectivity index (χ2v) is 5.85. The van der Waals surface area contributed by atoms with E-state index in [0.717, 1.165) is 11.8 Å². The number of benzene rings is 1. The van der Waals surface area contributed by atoms with Gasteiger partial charge in [-0.15, -0.1) is 0 Å². The molecule has 1 N–H and O–H groups in total. The maximum absolute atomic E-state index is 12.7. The van der Waals surface area contributed by atoms with Crippen molar-refractivity contribution in [3.8, 4) is 0 Å². The number of nitrogens with one attached hydrogen (secondary N) is 1. The maximum Gasteiger partial charge on any atom is 0.123 e. The molecule has 1 aromatic rings. The summed E-state index contributed by atoms with van der Waals surface area (Å²) in [5, 5.41) is 4.43. The standard InChI is InChI=1S/C14H20FNS/c1-17-14-8-6-13(7-9-14)16-10-11-2-4-12(15)5-3-11/h2-5,13-14,16H,6-10H2,1H3. The summed E-state index contributed by atoms with van der Waals surface area (Å²) in [6.07, 6.45) is 7.39. The molecule has 2 rings (SSSR count). The molecule has 0 aliphatic heterocycles. The summed E-state index contributed by atoms with van der Waals surface area (Å²) in [6, 6.07) is 7.41. The highest BCUT2D eigenvalue weighted by molar-refractivity contribution is 7.99. The summed E-state index contributed by atoms with van der Waals surface area (Å²) < 4.78 is 12.7. The fraction of sp³-hybridized carbons (Fsp3) is 0.571. The van der Waals surface area contributed by atoms with E-state index in [-0.39, 0.29) is 5.82 Å². The van der Waals surface area contributed by atoms with E-state index in [2.05, 4.69) is 11.6 Å². The first-order valence-corrected chi connectivity index (χ1v) is 7.57. The molecular formula is C14H20FNS. The lowest BCUT2D eigenvalue weighted by atomic mass is 9.95. The number of rotatable bonds is 4. The van der Waals surface area contributed by atoms with Crippen LogP contribution in [0.1, 0.15) is 31.2 Å². The van der Waals surface area contributed by atoms with E-state index in [0.29, 0.717) is 6.04 Å². The third-order valence-electron chi connectivity index (χ3n) is 3.52. The van der Waals surface area contributed by atoms with E-state index >= 15 is 0 Å². The molecule has 17 heavy (non-hydrogen) atoms. The highest BCUT2D eigenvalue weighted by Gasteiger charge is 2.19. The zero-order valence-corrected chi connectivity index (χ0v) is 11.1. The molecule has 1 aliphatic carbocycles. The minimum absolute atomic E-state index is 0.158. The van der Waals surface area contributed by atoms with Gasteiger partial charge in [0, 0.05) is 17.8 Å². The van der Waals surface area contributed by atoms with E-state index in [1.165, 1.54) is 43.4 Å². The molecule has 0 spiro atoms. The highest BCUT2D eigenvalue weighted by atomic mass is 32.2. The second-order valence-electron chi connectivity index (χ2n) is 4.72. The fourth-order valence-electron chi connectivity index (χ4n) is 2.37. The summed E-state index contributed by atoms with van der Waals surface area (Å²) in [5.74, 6) is -0.158. The van der Waals surface area contributed by atoms with Crippen molar-refractivity contribution in [2.24, 2.45) is 0 Å². The lowest BCUT2D eigenvalue weighted by Gasteiger charge is -2.28. The van der Waals surface area contributed by atoms with E-state index in [1.807, 2.05) is 23.9 Å². The summed E-state index contributed by atoms with van der Waals surface area (Å²) in [7, 11) is 0. The number of hydrogen-bond donors (Lipinski definition) is 1. The Bertz CT molecular complexity index is 331. The van der Waals surface area contributed by atoms with E-state index in [4.69, 9.17) is 0 Å². The van der Waals surface area contributed by atoms with Crippen LogP contribution in [0.3, 0.4) is 0 Å². The van der Waals surface area contributed by atoms with Crippen LogP contribution >= 0.6 is 11.8 Å². The van der Waals surface area contributed by atoms with Gasteiger partial charge in [0.05, 0.1) is 0 Å². The van der Waals surface area contributed by atoms with Crippen LogP contribution in [-0.4, -0.2) is 17.5 Å². The molecule has 0 bridgehead atoms. The van der Waals surface area contributed by atoms with Crippen molar-refractivity contribution in [2.45, 2.75) is 43.5 Å². The van der Waals surface area contributed by atoms with Crippen molar-refractivity contribution < 1.29 is 4.39 Å². The molecule has 0 aromatic heterocycles. The molecule has 94 valence electrons. The fourth-order valence-corrected chi connectivity index (χ4v) is 3.11. The Morgan fingerprint density at radius 3 is 2.41 bits per heavy atom. The van der Waals surface area contributed by atoms with Crippen LogP contribution in [0.15, 0.2) is 24.3 Å². The minimum atomic E-state index is -0.158. The van der Waals surface area contributed by atoms with Gasteiger partial charge in [0.1, 0.15) is 5.82 Å². The van der Waals surface area contributed by atoms with Crippen molar-refractivity contribution in [3.05, 3.63) is 35.6 Å². The quantitative estimate of drug-likeness (QED) is 0.880. The monoisotopic (exact) mass is 253 g/mol. The number of thioether (sulfide) groups is 1. The third kappa shape index (κ3) is 4.00. The normalized spacial score (nSPS) is 24.8. The topological polar surface area (TPSA) is 12.0 Å². The van der Waals surface area contributed by atoms with Gasteiger partial charge in [0.25, 0.3) is 0 Å². The lowest BCUT2D eigenvalue weighted by molar-refractivity contribution is 0.379. The molecule has 1 aromatic carbocycles. The predicted octanol–water partition coefficient (Wildman–Crippen LogP) is 3.59. The van der Waals surface area contributed by atoms with Gasteiger partial charge in [-0.3, -0.25) is 0 Å². The first-order valence-electron chi connectivity index (χ1n) is 6.28. The average Bonchev–Trinajstić information content (AvgIpc) is 2.39. The Hall–Kier alpha value is -0.540. The second kappa shape index (κ2) is 6.41. The van der Waals surface area contributed by atoms with Gasteiger partial charge in [0.15, 0.2) is 0 Å². The van der Waals surface area contributed by atoms with Crippen LogP contribution in [0, 0.1) is 5.82 Å². The molecular weight excluding hydrogens is 233 g/mol. The van der Waals surface area contributed by atoms with Crippen LogP contribution in [0.4, 0.5) is 4.39 Å². The van der Waals surface area contributed by atoms with E-state index in [9.17, 15) is 4.39 Å². The van der Waals surface area contributed by atoms with Gasteiger partial charge in [-0.05, 0) is 49.6 Å². The molecule has 0 unspecified atom stereocenters. The van der Waals surface area contributed by atoms with Crippen LogP contribution in [-0.2, 0) is 6.54 Å². The van der Waals surface area contributed by atoms with Gasteiger partial charge in [-0.25, -0.2) is 4.39 Å². The van der Waals surface area contributed by atoms with Gasteiger partial charge in [-0.2, -0.15) is 11.8 Å². The Morgan fingerprint density at radius 1 is 1.18 bits per heavy atom. The van der Waals surface area contributed by atoms with E-state index < -0.39 is 0 Å². The minimum Gasteiger partial charge on any atom is -0.310 e. The summed E-state index contributed by atoms with van der Waals surface area (Å²) in [6.45, 7) is 0.856. The van der Waals surface area contributed by atoms with Gasteiger partial charge in [-0.1, -0.05) is 12.1 Å². The third-order valence-corrected chi connectivity index (χ3v) is 4.65. The van der Waals surface area contributed by atoms with Gasteiger partial charge in [0.2, 0.25) is 0 Å². The van der Waals surface area contributed by atoms with Crippen LogP contribution in [0.5, 0.6) is 0 Å². The largest absolute Gasteiger partial charge is 0.310 e. The number of halogens is 1. The summed E-state index contributed by atoms with van der Waals surface area (Å²) >= 11 is 1.99. The highest BCUT2D eigenvalue weighted by Crippen LogP contribution is 2.26. The SMILES string of the molecule is CSC1CCC(NCc2ccc(F)cc2)CC1. The Balaban J connectivity index is 1.74. The molecule has 1 nitrogen and oxygen atoms in total. The molecule has 0 amide bonds. The average molecular weight is 253 g/mol. The maximum atomic E-state index is 12.7. The molecule has 0 atom stereocenters. The predicted molar refractivity (Wildman–Crippen MR) is 72.8 cm³/mol. The van der Waals surface area contributed by atoms with Crippen LogP contribution < -0.4 is 5.32 Å². The van der Waals surface area contributed by atoms with E-state index in [1.54, 1.807) is 0 Å². The Labute approximate surface area is 107 Å². The van der Waals surface area contributed by atoms with Crippen molar-refractivity contribution in [2.75, 3.05) is 6.26 Å². The van der Waals surface area contributed by atoms with Crippen LogP contribution in [0.2, 0.25) is 0 Å². The Kier molecular flexibility index (Phi) is 4.86. The summed E-state index contributed by atoms with van der Waals surface area (Å²) in [4.78, 5) is 0. The lowest BCUT2D eigenvalue weighted by Crippen LogP contribution is -2.33. The molecule has 0 radical (unpaired) electrons. The Morgan fingerprint density at radius 2 is 1.82 bits per heavy atom. The zero-order chi connectivity index (χ0) is 12.1. The summed E-state index contributed by atoms with van der Waals surface area (Å²) in [5.41, 5.74) is 1.17. The van der Waals surface area contributed by atoms with Gasteiger partial charge >= 0.3 is 0 Å². The smallest absolute Gasteiger partial charge is 0.123 e. The van der Waals surface area contributed by atoms with Crippen molar-refractivity contribution in [1.82, 2.24) is 5.32 Å². The van der Waals surface area contributed by atoms with Crippen LogP contribution in [0.25, 0.3) is 0 Å². The zero-order valence-electron chi connectivity index (χ0n) is 10.3. The molecule has 1 saturated carbocycles. The first kappa shape index (κ1) is 12.9. The van der Waals surface area contributed by atoms with Crippen molar-refractivity contribution in [1.29, 1.82) is 0 Å². The molecule has 0 saturated heterocycles. The first-order chi connectivity index (χ1) is 8.28. The molecule has 1 fully saturated rings. The van der Waals surface area contributed by atoms with Gasteiger partial charge < -0.3 is 5.32 Å². The van der Waals surface area contributed by atoms with Crippen molar-refractivity contribution in [3.63, 3.8) is 0 Å². The molecule has 0 heterocycles. The molecule has 1 aliphatic rings. The number of hydrogen-bond acceptors (Lipinski definition) is 2. The van der Waals surface area contributed by atoms with Crippen molar-refractivity contribution >= 4 is 11.8 Å².